The summed E-state index contributed by atoms with van der Waals surface area (Å²) in [6, 6.07) is 3.99. The van der Waals surface area contributed by atoms with Gasteiger partial charge >= 0.3 is 0 Å². The SMILES string of the molecule is Cc1nc(-c2cn([C@@H]3CCCN(C(=O)c4ccc(C)s4)C3)nn2)no1. The molecule has 3 aromatic heterocycles. The molecular formula is C16H18N6O2S. The lowest BCUT2D eigenvalue weighted by molar-refractivity contribution is 0.0677. The summed E-state index contributed by atoms with van der Waals surface area (Å²) in [6.07, 6.45) is 3.72. The topological polar surface area (TPSA) is 89.9 Å². The van der Waals surface area contributed by atoms with Gasteiger partial charge in [-0.15, -0.1) is 16.4 Å². The van der Waals surface area contributed by atoms with Crippen LogP contribution in [0.15, 0.2) is 22.9 Å². The van der Waals surface area contributed by atoms with Crippen molar-refractivity contribution in [2.24, 2.45) is 0 Å². The first-order valence-corrected chi connectivity index (χ1v) is 9.00. The van der Waals surface area contributed by atoms with E-state index in [2.05, 4.69) is 20.5 Å². The molecule has 0 spiro atoms. The third-order valence-corrected chi connectivity index (χ3v) is 5.26. The summed E-state index contributed by atoms with van der Waals surface area (Å²) in [6.45, 7) is 5.15. The number of piperidine rings is 1. The van der Waals surface area contributed by atoms with Gasteiger partial charge in [-0.05, 0) is 31.9 Å². The van der Waals surface area contributed by atoms with E-state index in [1.54, 1.807) is 11.6 Å². The Hall–Kier alpha value is -2.55. The Morgan fingerprint density at radius 3 is 2.96 bits per heavy atom. The number of nitrogens with zero attached hydrogens (tertiary/aromatic N) is 6. The zero-order valence-electron chi connectivity index (χ0n) is 14.0. The maximum atomic E-state index is 12.7. The molecule has 1 amide bonds. The van der Waals surface area contributed by atoms with Crippen LogP contribution in [-0.2, 0) is 0 Å². The molecule has 1 atom stereocenters. The van der Waals surface area contributed by atoms with Crippen molar-refractivity contribution in [1.29, 1.82) is 0 Å². The average Bonchev–Trinajstić information content (AvgIpc) is 3.34. The van der Waals surface area contributed by atoms with Crippen LogP contribution in [0.3, 0.4) is 0 Å². The highest BCUT2D eigenvalue weighted by Gasteiger charge is 2.27. The molecule has 4 heterocycles. The molecule has 0 aromatic carbocycles. The van der Waals surface area contributed by atoms with Crippen molar-refractivity contribution in [3.05, 3.63) is 34.0 Å². The molecule has 0 saturated carbocycles. The number of likely N-dealkylation sites (tertiary alicyclic amines) is 1. The van der Waals surface area contributed by atoms with Gasteiger partial charge in [-0.25, -0.2) is 4.68 Å². The van der Waals surface area contributed by atoms with Gasteiger partial charge in [0.05, 0.1) is 17.1 Å². The largest absolute Gasteiger partial charge is 0.339 e. The zero-order valence-corrected chi connectivity index (χ0v) is 14.9. The third-order valence-electron chi connectivity index (χ3n) is 4.28. The van der Waals surface area contributed by atoms with E-state index in [4.69, 9.17) is 4.52 Å². The molecule has 3 aromatic rings. The van der Waals surface area contributed by atoms with Crippen LogP contribution in [0.5, 0.6) is 0 Å². The quantitative estimate of drug-likeness (QED) is 0.714. The highest BCUT2D eigenvalue weighted by atomic mass is 32.1. The molecule has 1 saturated heterocycles. The number of aromatic nitrogens is 5. The van der Waals surface area contributed by atoms with Crippen LogP contribution in [0.1, 0.15) is 39.3 Å². The lowest BCUT2D eigenvalue weighted by atomic mass is 10.1. The highest BCUT2D eigenvalue weighted by molar-refractivity contribution is 7.13. The van der Waals surface area contributed by atoms with Gasteiger partial charge in [0.15, 0.2) is 5.69 Å². The van der Waals surface area contributed by atoms with E-state index < -0.39 is 0 Å². The van der Waals surface area contributed by atoms with E-state index in [1.807, 2.05) is 30.2 Å². The molecule has 0 unspecified atom stereocenters. The first-order valence-electron chi connectivity index (χ1n) is 8.18. The van der Waals surface area contributed by atoms with Crippen molar-refractivity contribution in [3.8, 4) is 11.5 Å². The summed E-state index contributed by atoms with van der Waals surface area (Å²) < 4.78 is 6.79. The van der Waals surface area contributed by atoms with Gasteiger partial charge in [-0.2, -0.15) is 4.98 Å². The molecule has 0 aliphatic carbocycles. The molecular weight excluding hydrogens is 340 g/mol. The van der Waals surface area contributed by atoms with Crippen molar-refractivity contribution < 1.29 is 9.32 Å². The molecule has 25 heavy (non-hydrogen) atoms. The smallest absolute Gasteiger partial charge is 0.263 e. The minimum atomic E-state index is 0.0944. The van der Waals surface area contributed by atoms with E-state index in [-0.39, 0.29) is 11.9 Å². The number of hydrogen-bond donors (Lipinski definition) is 0. The number of hydrogen-bond acceptors (Lipinski definition) is 7. The summed E-state index contributed by atoms with van der Waals surface area (Å²) in [5, 5.41) is 12.2. The van der Waals surface area contributed by atoms with E-state index in [0.29, 0.717) is 24.0 Å². The van der Waals surface area contributed by atoms with Gasteiger partial charge in [-0.1, -0.05) is 10.4 Å². The summed E-state index contributed by atoms with van der Waals surface area (Å²) in [5.41, 5.74) is 0.578. The molecule has 1 aliphatic rings. The number of aryl methyl sites for hydroxylation is 2. The van der Waals surface area contributed by atoms with Gasteiger partial charge in [0, 0.05) is 24.9 Å². The van der Waals surface area contributed by atoms with Crippen molar-refractivity contribution >= 4 is 17.2 Å². The maximum Gasteiger partial charge on any atom is 0.263 e. The molecule has 4 rings (SSSR count). The predicted octanol–water partition coefficient (Wildman–Crippen LogP) is 2.48. The fraction of sp³-hybridized carbons (Fsp3) is 0.438. The van der Waals surface area contributed by atoms with Gasteiger partial charge < -0.3 is 9.42 Å². The van der Waals surface area contributed by atoms with E-state index in [9.17, 15) is 4.79 Å². The number of thiophene rings is 1. The number of carbonyl (C=O) groups is 1. The van der Waals surface area contributed by atoms with E-state index in [1.165, 1.54) is 11.3 Å². The summed E-state index contributed by atoms with van der Waals surface area (Å²) in [5.74, 6) is 1.02. The van der Waals surface area contributed by atoms with Crippen LogP contribution in [0.25, 0.3) is 11.5 Å². The average molecular weight is 358 g/mol. The van der Waals surface area contributed by atoms with Crippen LogP contribution in [0.2, 0.25) is 0 Å². The van der Waals surface area contributed by atoms with Crippen LogP contribution < -0.4 is 0 Å². The van der Waals surface area contributed by atoms with E-state index >= 15 is 0 Å². The second kappa shape index (κ2) is 6.40. The summed E-state index contributed by atoms with van der Waals surface area (Å²) >= 11 is 1.54. The Bertz CT molecular complexity index is 898. The van der Waals surface area contributed by atoms with Crippen LogP contribution in [0.4, 0.5) is 0 Å². The maximum absolute atomic E-state index is 12.7. The molecule has 1 aliphatic heterocycles. The van der Waals surface area contributed by atoms with Gasteiger partial charge in [0.1, 0.15) is 0 Å². The van der Waals surface area contributed by atoms with Gasteiger partial charge in [-0.3, -0.25) is 4.79 Å². The standard InChI is InChI=1S/C16H18N6O2S/c1-10-5-6-14(25-10)16(23)21-7-3-4-12(8-21)22-9-13(18-20-22)15-17-11(2)24-19-15/h5-6,9,12H,3-4,7-8H2,1-2H3/t12-/m1/s1. The number of rotatable bonds is 3. The minimum absolute atomic E-state index is 0.0944. The molecule has 9 heteroatoms. The van der Waals surface area contributed by atoms with Crippen molar-refractivity contribution in [2.45, 2.75) is 32.7 Å². The lowest BCUT2D eigenvalue weighted by Gasteiger charge is -2.32. The molecule has 0 N–H and O–H groups in total. The monoisotopic (exact) mass is 358 g/mol. The molecule has 0 radical (unpaired) electrons. The Morgan fingerprint density at radius 2 is 2.24 bits per heavy atom. The van der Waals surface area contributed by atoms with E-state index in [0.717, 1.165) is 29.1 Å². The Morgan fingerprint density at radius 1 is 1.36 bits per heavy atom. The first kappa shape index (κ1) is 15.9. The highest BCUT2D eigenvalue weighted by Crippen LogP contribution is 2.25. The third kappa shape index (κ3) is 3.19. The van der Waals surface area contributed by atoms with Crippen LogP contribution in [-0.4, -0.2) is 49.0 Å². The second-order valence-electron chi connectivity index (χ2n) is 6.18. The zero-order chi connectivity index (χ0) is 17.4. The molecule has 130 valence electrons. The summed E-state index contributed by atoms with van der Waals surface area (Å²) in [4.78, 5) is 20.7. The fourth-order valence-corrected chi connectivity index (χ4v) is 3.86. The van der Waals surface area contributed by atoms with Crippen LogP contribution >= 0.6 is 11.3 Å². The minimum Gasteiger partial charge on any atom is -0.339 e. The first-order chi connectivity index (χ1) is 12.1. The summed E-state index contributed by atoms with van der Waals surface area (Å²) in [7, 11) is 0. The molecule has 1 fully saturated rings. The van der Waals surface area contributed by atoms with Crippen molar-refractivity contribution in [2.75, 3.05) is 13.1 Å². The molecule has 0 bridgehead atoms. The number of amides is 1. The van der Waals surface area contributed by atoms with Crippen molar-refractivity contribution in [1.82, 2.24) is 30.0 Å². The van der Waals surface area contributed by atoms with Crippen LogP contribution in [0, 0.1) is 13.8 Å². The normalized spacial score (nSPS) is 17.8. The van der Waals surface area contributed by atoms with Gasteiger partial charge in [0.25, 0.3) is 5.91 Å². The van der Waals surface area contributed by atoms with Crippen molar-refractivity contribution in [3.63, 3.8) is 0 Å². The Balaban J connectivity index is 1.50. The predicted molar refractivity (Wildman–Crippen MR) is 91.3 cm³/mol. The number of carbonyl (C=O) groups excluding carboxylic acids is 1. The molecule has 8 nitrogen and oxygen atoms in total. The van der Waals surface area contributed by atoms with Gasteiger partial charge in [0.2, 0.25) is 11.7 Å². The Labute approximate surface area is 148 Å². The Kier molecular flexibility index (Phi) is 4.08. The fourth-order valence-electron chi connectivity index (χ4n) is 3.02. The second-order valence-corrected chi connectivity index (χ2v) is 7.47. The lowest BCUT2D eigenvalue weighted by Crippen LogP contribution is -2.40.